The number of aliphatic hydroxyl groups is 2. The lowest BCUT2D eigenvalue weighted by atomic mass is 9.87. The third kappa shape index (κ3) is 14.4. The Hall–Kier alpha value is -2.97. The maximum atomic E-state index is 12.7. The number of imidazole rings is 1. The summed E-state index contributed by atoms with van der Waals surface area (Å²) in [4.78, 5) is 98.8. The number of aliphatic carboxylic acids is 1. The number of ether oxygens (including phenoxy) is 1. The fourth-order valence-corrected chi connectivity index (χ4v) is 8.67. The number of fused-ring (bicyclic) bond motifs is 1. The number of anilines is 1. The van der Waals surface area contributed by atoms with Crippen molar-refractivity contribution in [2.24, 2.45) is 11.3 Å². The summed E-state index contributed by atoms with van der Waals surface area (Å²) in [7, 11) is -16.5. The highest BCUT2D eigenvalue weighted by atomic mass is 32.2. The number of carbonyl (C=O) groups is 4. The van der Waals surface area contributed by atoms with Crippen LogP contribution in [0.4, 0.5) is 5.82 Å². The zero-order valence-corrected chi connectivity index (χ0v) is 33.9. The van der Waals surface area contributed by atoms with Gasteiger partial charge in [0.1, 0.15) is 42.2 Å². The molecule has 0 aromatic carbocycles. The number of carboxylic acid groups (broad SMARTS) is 1. The van der Waals surface area contributed by atoms with Crippen molar-refractivity contribution in [3.63, 3.8) is 0 Å². The van der Waals surface area contributed by atoms with E-state index in [9.17, 15) is 62.7 Å². The van der Waals surface area contributed by atoms with Crippen LogP contribution in [0.5, 0.6) is 0 Å². The molecule has 2 aromatic rings. The van der Waals surface area contributed by atoms with Gasteiger partial charge in [0.25, 0.3) is 0 Å². The molecule has 1 fully saturated rings. The SMILES string of the molecule is CCCC(C(=O)O)C(=O)SCCNC(=O)CCNC(=O)[C@H](O)C(C)(C)COP(=O)(O)OP(=O)(O)OC[C@H]1O[C@@H](n2cnc3c(N)ncnc32)[C@H](O)[C@@H]1OP(=O)(O)O. The van der Waals surface area contributed by atoms with E-state index in [4.69, 9.17) is 24.6 Å². The highest BCUT2D eigenvalue weighted by Crippen LogP contribution is 2.61. The van der Waals surface area contributed by atoms with Gasteiger partial charge >= 0.3 is 29.4 Å². The summed E-state index contributed by atoms with van der Waals surface area (Å²) in [5.41, 5.74) is 4.19. The summed E-state index contributed by atoms with van der Waals surface area (Å²) < 4.78 is 62.0. The number of phosphoric acid groups is 3. The molecular weight excluding hydrogens is 851 g/mol. The molecular formula is C27H44N7O19P3S. The van der Waals surface area contributed by atoms with Gasteiger partial charge in [0.2, 0.25) is 16.9 Å². The lowest BCUT2D eigenvalue weighted by Crippen LogP contribution is -2.46. The van der Waals surface area contributed by atoms with E-state index in [2.05, 4.69) is 34.4 Å². The van der Waals surface area contributed by atoms with Crippen LogP contribution in [-0.4, -0.2) is 134 Å². The Labute approximate surface area is 327 Å². The van der Waals surface area contributed by atoms with Crippen LogP contribution >= 0.6 is 35.2 Å². The number of nitrogens with one attached hydrogen (secondary N) is 2. The van der Waals surface area contributed by atoms with Gasteiger partial charge in [0, 0.05) is 30.7 Å². The number of hydrogen-bond donors (Lipinski definition) is 10. The lowest BCUT2D eigenvalue weighted by Gasteiger charge is -2.30. The Morgan fingerprint density at radius 2 is 1.72 bits per heavy atom. The number of nitrogens with two attached hydrogens (primary N) is 1. The first-order valence-electron chi connectivity index (χ1n) is 16.7. The van der Waals surface area contributed by atoms with Crippen LogP contribution in [-0.2, 0) is 55.5 Å². The monoisotopic (exact) mass is 895 g/mol. The number of nitrogens with zero attached hydrogens (tertiary/aromatic N) is 4. The highest BCUT2D eigenvalue weighted by Gasteiger charge is 2.50. The molecule has 1 aliphatic heterocycles. The first-order chi connectivity index (χ1) is 26.4. The van der Waals surface area contributed by atoms with Crippen molar-refractivity contribution in [2.75, 3.05) is 37.8 Å². The minimum atomic E-state index is -5.59. The topological polar surface area (TPSA) is 401 Å². The molecule has 3 heterocycles. The molecule has 30 heteroatoms. The molecule has 0 radical (unpaired) electrons. The van der Waals surface area contributed by atoms with Crippen LogP contribution in [0, 0.1) is 11.3 Å². The van der Waals surface area contributed by atoms with Gasteiger partial charge in [-0.15, -0.1) is 0 Å². The van der Waals surface area contributed by atoms with E-state index in [1.165, 1.54) is 13.8 Å². The van der Waals surface area contributed by atoms with Gasteiger partial charge in [-0.3, -0.25) is 37.3 Å². The van der Waals surface area contributed by atoms with Crippen LogP contribution in [0.1, 0.15) is 46.3 Å². The highest BCUT2D eigenvalue weighted by molar-refractivity contribution is 8.13. The smallest absolute Gasteiger partial charge is 0.481 e. The van der Waals surface area contributed by atoms with Crippen LogP contribution in [0.25, 0.3) is 11.2 Å². The summed E-state index contributed by atoms with van der Waals surface area (Å²) in [6, 6.07) is 0. The molecule has 1 aliphatic rings. The van der Waals surface area contributed by atoms with Crippen LogP contribution < -0.4 is 16.4 Å². The zero-order chi connectivity index (χ0) is 42.9. The lowest BCUT2D eigenvalue weighted by molar-refractivity contribution is -0.144. The average molecular weight is 896 g/mol. The molecule has 0 bridgehead atoms. The Bertz CT molecular complexity index is 1900. The number of thioether (sulfide) groups is 1. The predicted molar refractivity (Wildman–Crippen MR) is 193 cm³/mol. The molecule has 2 amide bonds. The standard InChI is InChI=1S/C27H44N7O19P3S/c1-4-5-14(25(39)40)26(41)57-9-8-29-16(35)6-7-30-23(38)20(37)27(2,3)11-50-56(47,48)53-55(45,46)49-10-15-19(52-54(42,43)44)18(36)24(51-15)34-13-33-17-21(28)31-12-32-22(17)34/h12-15,18-20,24,36-37H,4-11H2,1-3H3,(H,29,35)(H,30,38)(H,39,40)(H,45,46)(H,47,48)(H2,28,31,32)(H2,42,43,44)/t14?,15-,18-,19-,20+,24-/m1/s1. The second-order valence-corrected chi connectivity index (χ2v) is 18.3. The van der Waals surface area contributed by atoms with Gasteiger partial charge < -0.3 is 56.0 Å². The number of carboxylic acids is 1. The second kappa shape index (κ2) is 20.3. The molecule has 322 valence electrons. The van der Waals surface area contributed by atoms with Gasteiger partial charge in [-0.1, -0.05) is 39.0 Å². The third-order valence-corrected chi connectivity index (χ3v) is 12.0. The quantitative estimate of drug-likeness (QED) is 0.0369. The first kappa shape index (κ1) is 48.4. The maximum absolute atomic E-state index is 12.7. The van der Waals surface area contributed by atoms with Crippen molar-refractivity contribution in [1.82, 2.24) is 30.2 Å². The van der Waals surface area contributed by atoms with E-state index in [-0.39, 0.29) is 48.7 Å². The predicted octanol–water partition coefficient (Wildman–Crippen LogP) is -0.834. The Morgan fingerprint density at radius 1 is 1.05 bits per heavy atom. The number of hydrogen-bond acceptors (Lipinski definition) is 19. The fraction of sp³-hybridized carbons (Fsp3) is 0.667. The molecule has 0 aliphatic carbocycles. The molecule has 26 nitrogen and oxygen atoms in total. The van der Waals surface area contributed by atoms with Crippen LogP contribution in [0.2, 0.25) is 0 Å². The van der Waals surface area contributed by atoms with E-state index in [1.807, 2.05) is 0 Å². The number of carbonyl (C=O) groups excluding carboxylic acids is 3. The van der Waals surface area contributed by atoms with Crippen LogP contribution in [0.3, 0.4) is 0 Å². The molecule has 0 saturated carbocycles. The van der Waals surface area contributed by atoms with Gasteiger partial charge in [-0.05, 0) is 6.42 Å². The van der Waals surface area contributed by atoms with E-state index in [0.29, 0.717) is 6.42 Å². The largest absolute Gasteiger partial charge is 0.481 e. The van der Waals surface area contributed by atoms with Gasteiger partial charge in [-0.25, -0.2) is 28.6 Å². The number of aliphatic hydroxyl groups excluding tert-OH is 2. The van der Waals surface area contributed by atoms with Crippen LogP contribution in [0.15, 0.2) is 12.7 Å². The maximum Gasteiger partial charge on any atom is 0.481 e. The van der Waals surface area contributed by atoms with E-state index in [1.54, 1.807) is 6.92 Å². The minimum absolute atomic E-state index is 0.0188. The number of amides is 2. The molecule has 3 unspecified atom stereocenters. The summed E-state index contributed by atoms with van der Waals surface area (Å²) in [6.07, 6.45) is -6.43. The number of nitrogen functional groups attached to an aromatic ring is 1. The van der Waals surface area contributed by atoms with Crippen molar-refractivity contribution >= 4 is 75.1 Å². The number of aromatic nitrogens is 4. The van der Waals surface area contributed by atoms with Crippen molar-refractivity contribution in [1.29, 1.82) is 0 Å². The second-order valence-electron chi connectivity index (χ2n) is 12.9. The molecule has 8 atom stereocenters. The van der Waals surface area contributed by atoms with Crippen molar-refractivity contribution in [2.45, 2.75) is 70.7 Å². The third-order valence-electron chi connectivity index (χ3n) is 7.91. The Balaban J connectivity index is 1.49. The number of phosphoric ester groups is 3. The average Bonchev–Trinajstić information content (AvgIpc) is 3.66. The summed E-state index contributed by atoms with van der Waals surface area (Å²) in [5.74, 6) is -3.88. The zero-order valence-electron chi connectivity index (χ0n) is 30.4. The summed E-state index contributed by atoms with van der Waals surface area (Å²) >= 11 is 0.766. The van der Waals surface area contributed by atoms with Gasteiger partial charge in [0.15, 0.2) is 17.7 Å². The summed E-state index contributed by atoms with van der Waals surface area (Å²) in [5, 5.41) is 34.8. The molecule has 0 spiro atoms. The van der Waals surface area contributed by atoms with Crippen molar-refractivity contribution in [3.05, 3.63) is 12.7 Å². The molecule has 57 heavy (non-hydrogen) atoms. The molecule has 1 saturated heterocycles. The van der Waals surface area contributed by atoms with Gasteiger partial charge in [-0.2, -0.15) is 4.31 Å². The normalized spacial score (nSPS) is 22.0. The first-order valence-corrected chi connectivity index (χ1v) is 22.2. The Morgan fingerprint density at radius 3 is 2.35 bits per heavy atom. The summed E-state index contributed by atoms with van der Waals surface area (Å²) in [6.45, 7) is 1.88. The molecule has 2 aromatic heterocycles. The van der Waals surface area contributed by atoms with E-state index in [0.717, 1.165) is 29.0 Å². The Kier molecular flexibility index (Phi) is 17.3. The van der Waals surface area contributed by atoms with Crippen molar-refractivity contribution in [3.8, 4) is 0 Å². The van der Waals surface area contributed by atoms with Gasteiger partial charge in [0.05, 0.1) is 19.5 Å². The van der Waals surface area contributed by atoms with E-state index < -0.39 is 102 Å². The van der Waals surface area contributed by atoms with Crippen molar-refractivity contribution < 1.29 is 90.4 Å². The number of rotatable bonds is 23. The minimum Gasteiger partial charge on any atom is -0.481 e. The molecule has 3 rings (SSSR count). The molecule has 11 N–H and O–H groups in total. The fourth-order valence-electron chi connectivity index (χ4n) is 5.01. The van der Waals surface area contributed by atoms with E-state index >= 15 is 0 Å².